The molecule has 0 radical (unpaired) electrons. The number of amides is 1. The normalized spacial score (nSPS) is 22.1. The lowest BCUT2D eigenvalue weighted by atomic mass is 10.0. The molecule has 0 aliphatic carbocycles. The minimum Gasteiger partial charge on any atom is -0.311 e. The molecule has 0 aromatic heterocycles. The van der Waals surface area contributed by atoms with Gasteiger partial charge in [-0.05, 0) is 37.4 Å². The number of carbonyl (C=O) groups is 1. The average Bonchev–Trinajstić information content (AvgIpc) is 2.92. The molecule has 3 rings (SSSR count). The third kappa shape index (κ3) is 3.91. The zero-order chi connectivity index (χ0) is 16.4. The van der Waals surface area contributed by atoms with Gasteiger partial charge in [-0.15, -0.1) is 0 Å². The van der Waals surface area contributed by atoms with E-state index < -0.39 is 10.0 Å². The van der Waals surface area contributed by atoms with E-state index in [-0.39, 0.29) is 24.2 Å². The molecule has 1 atom stereocenters. The molecule has 1 unspecified atom stereocenters. The quantitative estimate of drug-likeness (QED) is 0.877. The van der Waals surface area contributed by atoms with Gasteiger partial charge in [-0.2, -0.15) is 0 Å². The summed E-state index contributed by atoms with van der Waals surface area (Å²) in [6.07, 6.45) is 3.63. The molecule has 0 spiro atoms. The van der Waals surface area contributed by atoms with Crippen LogP contribution in [0.1, 0.15) is 24.8 Å². The Kier molecular flexibility index (Phi) is 4.70. The lowest BCUT2D eigenvalue weighted by Gasteiger charge is -2.35. The van der Waals surface area contributed by atoms with Gasteiger partial charge in [0.1, 0.15) is 0 Å². The summed E-state index contributed by atoms with van der Waals surface area (Å²) in [4.78, 5) is 16.5. The molecule has 2 aliphatic rings. The van der Waals surface area contributed by atoms with Gasteiger partial charge < -0.3 is 4.90 Å². The molecule has 2 N–H and O–H groups in total. The number of fused-ring (bicyclic) bond motifs is 1. The highest BCUT2D eigenvalue weighted by Crippen LogP contribution is 2.28. The van der Waals surface area contributed by atoms with Crippen molar-refractivity contribution in [3.8, 4) is 0 Å². The van der Waals surface area contributed by atoms with E-state index in [4.69, 9.17) is 5.14 Å². The van der Waals surface area contributed by atoms with Crippen LogP contribution in [0.15, 0.2) is 24.3 Å². The fraction of sp³-hybridized carbons (Fsp3) is 0.562. The van der Waals surface area contributed by atoms with E-state index in [1.165, 1.54) is 5.56 Å². The summed E-state index contributed by atoms with van der Waals surface area (Å²) in [7, 11) is -3.53. The zero-order valence-electron chi connectivity index (χ0n) is 13.1. The number of primary sulfonamides is 1. The van der Waals surface area contributed by atoms with Crippen LogP contribution in [0.3, 0.4) is 0 Å². The molecule has 2 aliphatic heterocycles. The summed E-state index contributed by atoms with van der Waals surface area (Å²) >= 11 is 0. The maximum Gasteiger partial charge on any atom is 0.241 e. The first-order valence-electron chi connectivity index (χ1n) is 8.07. The van der Waals surface area contributed by atoms with Gasteiger partial charge in [0.2, 0.25) is 15.9 Å². The number of carbonyl (C=O) groups excluding carboxylic acids is 1. The van der Waals surface area contributed by atoms with E-state index >= 15 is 0 Å². The van der Waals surface area contributed by atoms with E-state index in [0.717, 1.165) is 37.9 Å². The Labute approximate surface area is 137 Å². The van der Waals surface area contributed by atoms with Gasteiger partial charge in [0, 0.05) is 18.3 Å². The molecule has 1 aromatic carbocycles. The van der Waals surface area contributed by atoms with E-state index in [1.807, 2.05) is 34.1 Å². The number of anilines is 1. The van der Waals surface area contributed by atoms with Gasteiger partial charge in [-0.1, -0.05) is 24.6 Å². The van der Waals surface area contributed by atoms with Gasteiger partial charge >= 0.3 is 0 Å². The van der Waals surface area contributed by atoms with Crippen LogP contribution in [0.5, 0.6) is 0 Å². The predicted molar refractivity (Wildman–Crippen MR) is 89.7 cm³/mol. The number of benzene rings is 1. The second-order valence-electron chi connectivity index (χ2n) is 6.37. The molecule has 7 heteroatoms. The van der Waals surface area contributed by atoms with Gasteiger partial charge in [-0.3, -0.25) is 9.69 Å². The van der Waals surface area contributed by atoms with Crippen LogP contribution in [0.25, 0.3) is 0 Å². The van der Waals surface area contributed by atoms with Crippen molar-refractivity contribution in [1.29, 1.82) is 0 Å². The van der Waals surface area contributed by atoms with Crippen molar-refractivity contribution < 1.29 is 13.2 Å². The number of rotatable bonds is 4. The van der Waals surface area contributed by atoms with Gasteiger partial charge in [0.05, 0.1) is 12.3 Å². The van der Waals surface area contributed by atoms with E-state index in [0.29, 0.717) is 6.54 Å². The standard InChI is InChI=1S/C16H23N3O3S/c17-23(21,22)12-14-6-3-4-9-18(14)11-16(20)19-10-8-13-5-1-2-7-15(13)19/h1-2,5,7,14H,3-4,6,8-12H2,(H2,17,21,22). The molecule has 1 amide bonds. The summed E-state index contributed by atoms with van der Waals surface area (Å²) in [5, 5.41) is 5.19. The SMILES string of the molecule is NS(=O)(=O)CC1CCCCN1CC(=O)N1CCc2ccccc21. The van der Waals surface area contributed by atoms with E-state index in [1.54, 1.807) is 0 Å². The van der Waals surface area contributed by atoms with Crippen molar-refractivity contribution in [1.82, 2.24) is 4.90 Å². The van der Waals surface area contributed by atoms with Crippen molar-refractivity contribution in [2.75, 3.05) is 30.3 Å². The minimum absolute atomic E-state index is 0.0382. The second-order valence-corrected chi connectivity index (χ2v) is 8.03. The highest BCUT2D eigenvalue weighted by molar-refractivity contribution is 7.89. The second kappa shape index (κ2) is 6.59. The van der Waals surface area contributed by atoms with Crippen LogP contribution in [0, 0.1) is 0 Å². The molecule has 1 fully saturated rings. The van der Waals surface area contributed by atoms with Crippen LogP contribution in [-0.4, -0.2) is 50.7 Å². The van der Waals surface area contributed by atoms with Crippen LogP contribution in [0.2, 0.25) is 0 Å². The first kappa shape index (κ1) is 16.4. The molecule has 1 aromatic rings. The van der Waals surface area contributed by atoms with Gasteiger partial charge in [0.15, 0.2) is 0 Å². The fourth-order valence-electron chi connectivity index (χ4n) is 3.58. The molecule has 0 saturated carbocycles. The number of likely N-dealkylation sites (tertiary alicyclic amines) is 1. The number of sulfonamides is 1. The maximum absolute atomic E-state index is 12.7. The predicted octanol–water partition coefficient (Wildman–Crippen LogP) is 0.719. The molecular formula is C16H23N3O3S. The Morgan fingerprint density at radius 2 is 2.00 bits per heavy atom. The van der Waals surface area contributed by atoms with Crippen molar-refractivity contribution in [2.24, 2.45) is 5.14 Å². The highest BCUT2D eigenvalue weighted by Gasteiger charge is 2.31. The maximum atomic E-state index is 12.7. The molecule has 1 saturated heterocycles. The Morgan fingerprint density at radius 3 is 2.78 bits per heavy atom. The first-order valence-corrected chi connectivity index (χ1v) is 9.78. The van der Waals surface area contributed by atoms with Crippen LogP contribution in [0.4, 0.5) is 5.69 Å². The highest BCUT2D eigenvalue weighted by atomic mass is 32.2. The average molecular weight is 337 g/mol. The summed E-state index contributed by atoms with van der Waals surface area (Å²) < 4.78 is 22.8. The third-order valence-electron chi connectivity index (χ3n) is 4.70. The van der Waals surface area contributed by atoms with E-state index in [2.05, 4.69) is 0 Å². The smallest absolute Gasteiger partial charge is 0.241 e. The van der Waals surface area contributed by atoms with Crippen molar-refractivity contribution in [3.63, 3.8) is 0 Å². The minimum atomic E-state index is -3.53. The van der Waals surface area contributed by atoms with Crippen LogP contribution >= 0.6 is 0 Å². The lowest BCUT2D eigenvalue weighted by Crippen LogP contribution is -2.49. The Bertz CT molecular complexity index is 690. The topological polar surface area (TPSA) is 83.7 Å². The third-order valence-corrected chi connectivity index (χ3v) is 5.55. The van der Waals surface area contributed by atoms with Gasteiger partial charge in [-0.25, -0.2) is 13.6 Å². The lowest BCUT2D eigenvalue weighted by molar-refractivity contribution is -0.120. The Hall–Kier alpha value is -1.44. The van der Waals surface area contributed by atoms with Crippen LogP contribution < -0.4 is 10.0 Å². The molecule has 126 valence electrons. The summed E-state index contributed by atoms with van der Waals surface area (Å²) in [5.74, 6) is -0.0343. The van der Waals surface area contributed by atoms with Crippen LogP contribution in [-0.2, 0) is 21.2 Å². The molecule has 23 heavy (non-hydrogen) atoms. The number of piperidine rings is 1. The fourth-order valence-corrected chi connectivity index (χ4v) is 4.50. The van der Waals surface area contributed by atoms with Crippen molar-refractivity contribution in [3.05, 3.63) is 29.8 Å². The van der Waals surface area contributed by atoms with Crippen molar-refractivity contribution in [2.45, 2.75) is 31.7 Å². The molecular weight excluding hydrogens is 314 g/mol. The monoisotopic (exact) mass is 337 g/mol. The summed E-state index contributed by atoms with van der Waals surface area (Å²) in [6.45, 7) is 1.71. The van der Waals surface area contributed by atoms with Crippen molar-refractivity contribution >= 4 is 21.6 Å². The largest absolute Gasteiger partial charge is 0.311 e. The number of para-hydroxylation sites is 1. The number of nitrogens with two attached hydrogens (primary N) is 1. The number of hydrogen-bond acceptors (Lipinski definition) is 4. The van der Waals surface area contributed by atoms with E-state index in [9.17, 15) is 13.2 Å². The first-order chi connectivity index (χ1) is 10.9. The molecule has 0 bridgehead atoms. The number of nitrogens with zero attached hydrogens (tertiary/aromatic N) is 2. The number of hydrogen-bond donors (Lipinski definition) is 1. The summed E-state index contributed by atoms with van der Waals surface area (Å²) in [5.41, 5.74) is 2.18. The summed E-state index contributed by atoms with van der Waals surface area (Å²) in [6, 6.07) is 7.79. The molecule has 6 nitrogen and oxygen atoms in total. The zero-order valence-corrected chi connectivity index (χ0v) is 14.0. The Balaban J connectivity index is 1.69. The molecule has 2 heterocycles. The van der Waals surface area contributed by atoms with Gasteiger partial charge in [0.25, 0.3) is 0 Å². The Morgan fingerprint density at radius 1 is 1.22 bits per heavy atom.